The summed E-state index contributed by atoms with van der Waals surface area (Å²) >= 11 is 0. The minimum atomic E-state index is -0.332. The average molecular weight is 915 g/mol. The maximum Gasteiger partial charge on any atom is 3.00 e. The molecule has 0 aromatic carbocycles. The molecule has 0 unspecified atom stereocenters. The summed E-state index contributed by atoms with van der Waals surface area (Å²) in [7, 11) is 0. The van der Waals surface area contributed by atoms with Crippen LogP contribution in [0.1, 0.15) is 98.3 Å². The number of allylic oxidation sites excluding steroid dienone is 20. The molecule has 12 heteroatoms. The minimum Gasteiger partial charge on any atom is -0.723 e. The number of rotatable bonds is 15. The van der Waals surface area contributed by atoms with E-state index < -0.39 is 0 Å². The van der Waals surface area contributed by atoms with Gasteiger partial charge in [-0.3, -0.25) is 10.5 Å². The van der Waals surface area contributed by atoms with Crippen LogP contribution in [0.5, 0.6) is 0 Å². The molecule has 0 saturated heterocycles. The first kappa shape index (κ1) is 79.9. The van der Waals surface area contributed by atoms with Gasteiger partial charge in [0.15, 0.2) is 0 Å². The van der Waals surface area contributed by atoms with Crippen LogP contribution in [-0.2, 0) is 82.9 Å². The Balaban J connectivity index is -0.0000000341. The average Bonchev–Trinajstić information content (AvgIpc) is 3.13. The second-order valence-corrected chi connectivity index (χ2v) is 8.98. The molecule has 0 aliphatic carbocycles. The third-order valence-corrected chi connectivity index (χ3v) is 4.50. The van der Waals surface area contributed by atoms with E-state index in [2.05, 4.69) is 70.7 Å². The molecule has 8 nitrogen and oxygen atoms in total. The van der Waals surface area contributed by atoms with Gasteiger partial charge in [-0.25, -0.2) is 9.78 Å². The summed E-state index contributed by atoms with van der Waals surface area (Å²) < 4.78 is 0. The van der Waals surface area contributed by atoms with Gasteiger partial charge in [0.05, 0.1) is 6.10 Å². The van der Waals surface area contributed by atoms with Gasteiger partial charge in [0.25, 0.3) is 0 Å². The van der Waals surface area contributed by atoms with E-state index in [-0.39, 0.29) is 89.4 Å². The van der Waals surface area contributed by atoms with Crippen molar-refractivity contribution in [1.29, 1.82) is 0 Å². The van der Waals surface area contributed by atoms with E-state index in [4.69, 9.17) is 20.4 Å². The second kappa shape index (κ2) is 92.8. The van der Waals surface area contributed by atoms with Gasteiger partial charge in [0, 0.05) is 9.93 Å². The van der Waals surface area contributed by atoms with Crippen LogP contribution in [-0.4, -0.2) is 28.8 Å². The zero-order valence-corrected chi connectivity index (χ0v) is 38.0. The summed E-state index contributed by atoms with van der Waals surface area (Å²) in [5.41, 5.74) is 0. The van der Waals surface area contributed by atoms with Crippen LogP contribution >= 0.6 is 0 Å². The van der Waals surface area contributed by atoms with Crippen molar-refractivity contribution in [1.82, 2.24) is 0 Å². The molecule has 304 valence electrons. The van der Waals surface area contributed by atoms with Crippen LogP contribution < -0.4 is 5.26 Å². The maximum atomic E-state index is 9.65. The van der Waals surface area contributed by atoms with E-state index in [0.717, 1.165) is 19.3 Å². The Hall–Kier alpha value is -1.68. The smallest absolute Gasteiger partial charge is 0.723 e. The van der Waals surface area contributed by atoms with Crippen molar-refractivity contribution in [2.45, 2.75) is 114 Å². The van der Waals surface area contributed by atoms with E-state index in [0.29, 0.717) is 0 Å². The van der Waals surface area contributed by atoms with Gasteiger partial charge in [-0.1, -0.05) is 147 Å². The van der Waals surface area contributed by atoms with Gasteiger partial charge >= 0.3 is 71.1 Å². The van der Waals surface area contributed by atoms with Crippen LogP contribution in [0, 0.1) is 9.93 Å². The predicted molar refractivity (Wildman–Crippen MR) is 216 cm³/mol. The molecule has 2 radical (unpaired) electrons. The van der Waals surface area contributed by atoms with Gasteiger partial charge in [0.2, 0.25) is 0 Å². The van der Waals surface area contributed by atoms with E-state index in [1.807, 2.05) is 121 Å². The molecular weight excluding hydrogens is 844 g/mol. The summed E-state index contributed by atoms with van der Waals surface area (Å²) in [6.07, 6.45) is 46.9. The van der Waals surface area contributed by atoms with Crippen molar-refractivity contribution < 1.29 is 102 Å². The summed E-state index contributed by atoms with van der Waals surface area (Å²) in [6.45, 7) is 24.7. The van der Waals surface area contributed by atoms with Crippen LogP contribution in [0.2, 0.25) is 0 Å². The molecule has 0 spiro atoms. The molecule has 0 aromatic heterocycles. The largest absolute Gasteiger partial charge is 3.00 e. The van der Waals surface area contributed by atoms with Crippen molar-refractivity contribution in [3.8, 4) is 0 Å². The Morgan fingerprint density at radius 3 is 1.08 bits per heavy atom. The van der Waals surface area contributed by atoms with Crippen molar-refractivity contribution in [3.63, 3.8) is 0 Å². The third-order valence-electron chi connectivity index (χ3n) is 4.50. The molecule has 0 amide bonds. The Kier molecular flexibility index (Phi) is 140. The molecule has 0 aliphatic rings. The first-order valence-electron chi connectivity index (χ1n) is 16.3. The standard InChI is InChI=1S/3C7H12O2.2C7H12.C6H10.4Fe.O2/c3*1-3-4-5-6-7(2)9-8;2*1-3-5-7-6-4-2;1-3-5-6-4-2;;;;;1-2/h3*3-8H,1-2H3;3,5-7H,4H2,1-2H3;3-6H,7H2,1-2H3;3-4,6H,1,5H2,2H3;;;;;/q;;;;;;2*+2;2*+3;/p+1/b3*4-3-,6-5+;5-3-,7-6+;5-3-,6-4-;6-4-;;;;;/t3*7-;;;;;;;;/m000......../s1. The van der Waals surface area contributed by atoms with Gasteiger partial charge in [0.1, 0.15) is 12.2 Å². The predicted octanol–water partition coefficient (Wildman–Crippen LogP) is 12.3. The second-order valence-electron chi connectivity index (χ2n) is 8.98. The topological polar surface area (TPSA) is 125 Å². The Labute approximate surface area is 369 Å². The molecule has 0 fully saturated rings. The number of hydrogen-bond donors (Lipinski definition) is 2. The zero-order chi connectivity index (χ0) is 39.2. The molecule has 3 atom stereocenters. The molecule has 0 rings (SSSR count). The molecular formula is C41H71Fe4O8+11. The fourth-order valence-corrected chi connectivity index (χ4v) is 2.01. The van der Waals surface area contributed by atoms with Gasteiger partial charge in [-0.2, -0.15) is 0 Å². The first-order valence-corrected chi connectivity index (χ1v) is 16.3. The maximum absolute atomic E-state index is 9.65. The molecule has 0 saturated carbocycles. The molecule has 0 bridgehead atoms. The summed E-state index contributed by atoms with van der Waals surface area (Å²) in [5, 5.41) is 25.8. The van der Waals surface area contributed by atoms with E-state index >= 15 is 0 Å². The Bertz CT molecular complexity index is 861. The van der Waals surface area contributed by atoms with Crippen molar-refractivity contribution in [2.75, 3.05) is 0 Å². The molecule has 0 aliphatic heterocycles. The van der Waals surface area contributed by atoms with Crippen molar-refractivity contribution in [2.24, 2.45) is 0 Å². The van der Waals surface area contributed by atoms with E-state index in [9.17, 15) is 5.26 Å². The normalized spacial score (nSPS) is 12.1. The van der Waals surface area contributed by atoms with Crippen LogP contribution in [0.4, 0.5) is 0 Å². The number of hydrogen-bond acceptors (Lipinski definition) is 8. The van der Waals surface area contributed by atoms with Gasteiger partial charge in [-0.15, -0.1) is 6.58 Å². The van der Waals surface area contributed by atoms with Gasteiger partial charge < -0.3 is 10.1 Å². The van der Waals surface area contributed by atoms with Gasteiger partial charge in [-0.05, 0) is 88.5 Å². The Morgan fingerprint density at radius 2 is 0.849 bits per heavy atom. The fourth-order valence-electron chi connectivity index (χ4n) is 2.01. The molecule has 0 aromatic rings. The first-order chi connectivity index (χ1) is 23.7. The van der Waals surface area contributed by atoms with Crippen molar-refractivity contribution >= 4 is 0 Å². The SMILES string of the molecule is C/C=C\C/C=C\C.C/C=C\C=C\CC.C/C=C\C=C\[C@H](C)OO.C/C=C\C=C\[C@H](C)OO.C/C=C\C=C\[C@H](C)O[O-].C=CC/C=C\C.O=O.[Fe+2].[Fe+2].[Fe+3].[Fe+3].[H+].[H+]. The molecule has 0 heterocycles. The third kappa shape index (κ3) is 128. The summed E-state index contributed by atoms with van der Waals surface area (Å²) in [5.74, 6) is 0. The van der Waals surface area contributed by atoms with Crippen LogP contribution in [0.15, 0.2) is 146 Å². The van der Waals surface area contributed by atoms with Crippen LogP contribution in [0.25, 0.3) is 0 Å². The minimum absolute atomic E-state index is 0. The monoisotopic (exact) mass is 915 g/mol. The van der Waals surface area contributed by atoms with E-state index in [1.54, 1.807) is 45.1 Å². The van der Waals surface area contributed by atoms with Crippen molar-refractivity contribution in [3.05, 3.63) is 156 Å². The Morgan fingerprint density at radius 1 is 0.547 bits per heavy atom. The zero-order valence-electron chi connectivity index (χ0n) is 35.6. The van der Waals surface area contributed by atoms with Crippen LogP contribution in [0.3, 0.4) is 0 Å². The summed E-state index contributed by atoms with van der Waals surface area (Å²) in [6, 6.07) is 0. The fraction of sp³-hybridized carbons (Fsp3) is 0.415. The quantitative estimate of drug-likeness (QED) is 0.0547. The molecule has 2 N–H and O–H groups in total. The summed E-state index contributed by atoms with van der Waals surface area (Å²) in [4.78, 5) is 25.7. The van der Waals surface area contributed by atoms with E-state index in [1.165, 1.54) is 0 Å². The molecule has 53 heavy (non-hydrogen) atoms.